The molecule has 0 heterocycles. The molecular formula is C13H16BrN. The molecule has 2 heteroatoms. The monoisotopic (exact) mass is 265 g/mol. The molecule has 15 heavy (non-hydrogen) atoms. The summed E-state index contributed by atoms with van der Waals surface area (Å²) in [6.07, 6.45) is 4.67. The number of allylic oxidation sites excluding steroid dienone is 1. The topological polar surface area (TPSA) is 3.24 Å². The molecule has 2 rings (SSSR count). The zero-order chi connectivity index (χ0) is 10.8. The van der Waals surface area contributed by atoms with Crippen molar-refractivity contribution in [3.8, 4) is 0 Å². The normalized spacial score (nSPS) is 20.2. The van der Waals surface area contributed by atoms with E-state index >= 15 is 0 Å². The molecule has 0 N–H and O–H groups in total. The summed E-state index contributed by atoms with van der Waals surface area (Å²) in [7, 11) is 2.17. The zero-order valence-electron chi connectivity index (χ0n) is 9.20. The molecule has 1 nitrogen and oxygen atoms in total. The molecule has 0 aliphatic heterocycles. The molecule has 0 fully saturated rings. The van der Waals surface area contributed by atoms with Gasteiger partial charge in [0.2, 0.25) is 0 Å². The zero-order valence-corrected chi connectivity index (χ0v) is 10.8. The molecule has 0 bridgehead atoms. The van der Waals surface area contributed by atoms with Crippen molar-refractivity contribution in [2.24, 2.45) is 0 Å². The predicted octanol–water partition coefficient (Wildman–Crippen LogP) is 3.87. The van der Waals surface area contributed by atoms with Crippen molar-refractivity contribution < 1.29 is 0 Å². The van der Waals surface area contributed by atoms with E-state index in [1.807, 2.05) is 0 Å². The first-order valence-electron chi connectivity index (χ1n) is 5.33. The van der Waals surface area contributed by atoms with Gasteiger partial charge in [-0.3, -0.25) is 0 Å². The fourth-order valence-electron chi connectivity index (χ4n) is 2.06. The van der Waals surface area contributed by atoms with Gasteiger partial charge in [0.15, 0.2) is 0 Å². The summed E-state index contributed by atoms with van der Waals surface area (Å²) in [5, 5.41) is 0. The molecule has 0 spiro atoms. The quantitative estimate of drug-likeness (QED) is 0.785. The maximum atomic E-state index is 3.64. The lowest BCUT2D eigenvalue weighted by molar-refractivity contribution is 0.719. The molecule has 1 unspecified atom stereocenters. The summed E-state index contributed by atoms with van der Waals surface area (Å²) < 4.78 is 1.33. The summed E-state index contributed by atoms with van der Waals surface area (Å²) in [5.74, 6) is 0. The number of hydrogen-bond acceptors (Lipinski definition) is 1. The Morgan fingerprint density at radius 1 is 1.40 bits per heavy atom. The number of hydrogen-bond donors (Lipinski definition) is 0. The number of benzene rings is 1. The molecular weight excluding hydrogens is 250 g/mol. The lowest BCUT2D eigenvalue weighted by atomic mass is 10.1. The molecule has 1 aliphatic carbocycles. The molecule has 0 amide bonds. The van der Waals surface area contributed by atoms with E-state index in [1.54, 1.807) is 0 Å². The Kier molecular flexibility index (Phi) is 3.15. The van der Waals surface area contributed by atoms with Crippen LogP contribution in [0.4, 0.5) is 5.69 Å². The first kappa shape index (κ1) is 10.7. The van der Waals surface area contributed by atoms with Gasteiger partial charge < -0.3 is 4.90 Å². The van der Waals surface area contributed by atoms with E-state index in [-0.39, 0.29) is 0 Å². The van der Waals surface area contributed by atoms with Crippen LogP contribution in [-0.4, -0.2) is 13.1 Å². The van der Waals surface area contributed by atoms with Crippen LogP contribution in [0.5, 0.6) is 0 Å². The summed E-state index contributed by atoms with van der Waals surface area (Å²) in [5.41, 5.74) is 2.62. The highest BCUT2D eigenvalue weighted by Crippen LogP contribution is 2.31. The first-order valence-corrected chi connectivity index (χ1v) is 6.13. The van der Waals surface area contributed by atoms with E-state index in [1.165, 1.54) is 28.6 Å². The van der Waals surface area contributed by atoms with Gasteiger partial charge in [-0.15, -0.1) is 0 Å². The highest BCUT2D eigenvalue weighted by atomic mass is 79.9. The summed E-state index contributed by atoms with van der Waals surface area (Å²) in [6, 6.07) is 9.18. The molecule has 1 aromatic carbocycles. The largest absolute Gasteiger partial charge is 0.367 e. The van der Waals surface area contributed by atoms with Crippen molar-refractivity contribution >= 4 is 21.6 Å². The van der Waals surface area contributed by atoms with E-state index in [2.05, 4.69) is 65.1 Å². The van der Waals surface area contributed by atoms with Gasteiger partial charge in [0, 0.05) is 17.2 Å². The van der Waals surface area contributed by atoms with Gasteiger partial charge in [-0.2, -0.15) is 0 Å². The Labute approximate surface area is 99.9 Å². The number of likely N-dealkylation sites (N-methyl/N-ethyl adjacent to an activating group) is 1. The van der Waals surface area contributed by atoms with Crippen LogP contribution in [0.25, 0.3) is 0 Å². The minimum atomic E-state index is 0.520. The summed E-state index contributed by atoms with van der Waals surface area (Å²) >= 11 is 3.64. The van der Waals surface area contributed by atoms with Gasteiger partial charge in [-0.25, -0.2) is 0 Å². The Bertz CT molecular complexity index is 384. The molecule has 0 aromatic heterocycles. The van der Waals surface area contributed by atoms with Gasteiger partial charge in [0.25, 0.3) is 0 Å². The molecule has 0 saturated heterocycles. The molecule has 1 aromatic rings. The van der Waals surface area contributed by atoms with Crippen molar-refractivity contribution in [3.63, 3.8) is 0 Å². The van der Waals surface area contributed by atoms with Gasteiger partial charge in [0.05, 0.1) is 6.04 Å². The number of nitrogens with zero attached hydrogens (tertiary/aromatic N) is 1. The van der Waals surface area contributed by atoms with Crippen molar-refractivity contribution in [1.82, 2.24) is 0 Å². The summed E-state index contributed by atoms with van der Waals surface area (Å²) in [6.45, 7) is 2.14. The minimum absolute atomic E-state index is 0.520. The average Bonchev–Trinajstić information content (AvgIpc) is 2.63. The molecule has 0 saturated carbocycles. The highest BCUT2D eigenvalue weighted by molar-refractivity contribution is 9.11. The highest BCUT2D eigenvalue weighted by Gasteiger charge is 2.21. The second kappa shape index (κ2) is 4.40. The number of rotatable bonds is 2. The van der Waals surface area contributed by atoms with Crippen LogP contribution >= 0.6 is 15.9 Å². The van der Waals surface area contributed by atoms with Crippen LogP contribution < -0.4 is 4.90 Å². The van der Waals surface area contributed by atoms with Crippen LogP contribution in [0.15, 0.2) is 34.8 Å². The molecule has 0 radical (unpaired) electrons. The van der Waals surface area contributed by atoms with Crippen molar-refractivity contribution in [1.29, 1.82) is 0 Å². The van der Waals surface area contributed by atoms with E-state index in [0.29, 0.717) is 6.04 Å². The fourth-order valence-corrected chi connectivity index (χ4v) is 2.82. The first-order chi connectivity index (χ1) is 7.18. The van der Waals surface area contributed by atoms with Gasteiger partial charge in [-0.05, 0) is 37.5 Å². The van der Waals surface area contributed by atoms with Gasteiger partial charge in [0.1, 0.15) is 0 Å². The van der Waals surface area contributed by atoms with E-state index < -0.39 is 0 Å². The van der Waals surface area contributed by atoms with E-state index in [4.69, 9.17) is 0 Å². The number of halogens is 1. The Morgan fingerprint density at radius 2 is 2.20 bits per heavy atom. The van der Waals surface area contributed by atoms with Gasteiger partial charge >= 0.3 is 0 Å². The van der Waals surface area contributed by atoms with E-state index in [0.717, 1.165) is 0 Å². The third kappa shape index (κ3) is 2.25. The van der Waals surface area contributed by atoms with Crippen molar-refractivity contribution in [2.75, 3.05) is 11.9 Å². The smallest absolute Gasteiger partial charge is 0.0604 e. The predicted molar refractivity (Wildman–Crippen MR) is 69.6 cm³/mol. The third-order valence-electron chi connectivity index (χ3n) is 2.97. The third-order valence-corrected chi connectivity index (χ3v) is 3.83. The molecule has 1 atom stereocenters. The van der Waals surface area contributed by atoms with Crippen molar-refractivity contribution in [3.05, 3.63) is 40.4 Å². The fraction of sp³-hybridized carbons (Fsp3) is 0.385. The Morgan fingerprint density at radius 3 is 2.80 bits per heavy atom. The van der Waals surface area contributed by atoms with Crippen LogP contribution in [0.3, 0.4) is 0 Å². The van der Waals surface area contributed by atoms with E-state index in [9.17, 15) is 0 Å². The number of aryl methyl sites for hydroxylation is 1. The lowest BCUT2D eigenvalue weighted by Crippen LogP contribution is -2.29. The molecule has 80 valence electrons. The Hall–Kier alpha value is -0.760. The second-order valence-corrected chi connectivity index (χ2v) is 5.05. The lowest BCUT2D eigenvalue weighted by Gasteiger charge is -2.27. The minimum Gasteiger partial charge on any atom is -0.367 e. The van der Waals surface area contributed by atoms with Crippen LogP contribution in [0.1, 0.15) is 18.4 Å². The Balaban J connectivity index is 2.20. The van der Waals surface area contributed by atoms with Crippen LogP contribution in [0, 0.1) is 6.92 Å². The number of anilines is 1. The average molecular weight is 266 g/mol. The summed E-state index contributed by atoms with van der Waals surface area (Å²) in [4.78, 5) is 2.35. The standard InChI is InChI=1S/C13H16BrN/c1-10-5-3-6-11(9-10)15(2)13-8-4-7-12(13)14/h3,5-7,9,13H,4,8H2,1-2H3. The van der Waals surface area contributed by atoms with Crippen LogP contribution in [-0.2, 0) is 0 Å². The maximum Gasteiger partial charge on any atom is 0.0604 e. The maximum absolute atomic E-state index is 3.64. The van der Waals surface area contributed by atoms with Gasteiger partial charge in [-0.1, -0.05) is 34.1 Å². The molecule has 1 aliphatic rings. The second-order valence-electron chi connectivity index (χ2n) is 4.13. The van der Waals surface area contributed by atoms with Crippen LogP contribution in [0.2, 0.25) is 0 Å². The van der Waals surface area contributed by atoms with Crippen molar-refractivity contribution in [2.45, 2.75) is 25.8 Å². The SMILES string of the molecule is Cc1cccc(N(C)C2CCC=C2Br)c1.